The molecule has 1 aromatic rings. The monoisotopic (exact) mass is 459 g/mol. The van der Waals surface area contributed by atoms with Gasteiger partial charge < -0.3 is 15.8 Å². The predicted molar refractivity (Wildman–Crippen MR) is 147 cm³/mol. The third-order valence-corrected chi connectivity index (χ3v) is 5.30. The highest BCUT2D eigenvalue weighted by molar-refractivity contribution is 5.77. The van der Waals surface area contributed by atoms with Crippen LogP contribution in [0.15, 0.2) is 84.5 Å². The van der Waals surface area contributed by atoms with E-state index in [1.807, 2.05) is 56.4 Å². The number of nitrogens with one attached hydrogen (secondary N) is 1. The van der Waals surface area contributed by atoms with E-state index in [2.05, 4.69) is 44.5 Å². The molecule has 1 fully saturated rings. The van der Waals surface area contributed by atoms with E-state index in [-0.39, 0.29) is 0 Å². The van der Waals surface area contributed by atoms with E-state index in [0.717, 1.165) is 48.2 Å². The molecule has 0 amide bonds. The van der Waals surface area contributed by atoms with Crippen LogP contribution in [0.3, 0.4) is 0 Å². The SMILES string of the molecule is C=C(C)/C=C\C(=C/C)CN.C=C/C=C(\C=C(C)C)c1ccc(OCC2CCNCC2)c(C#N)c1. The van der Waals surface area contributed by atoms with Gasteiger partial charge in [0.05, 0.1) is 12.2 Å². The molecule has 0 aliphatic carbocycles. The van der Waals surface area contributed by atoms with Gasteiger partial charge in [0, 0.05) is 6.54 Å². The second-order valence-corrected chi connectivity index (χ2v) is 8.65. The summed E-state index contributed by atoms with van der Waals surface area (Å²) in [5.41, 5.74) is 11.4. The molecular weight excluding hydrogens is 418 g/mol. The van der Waals surface area contributed by atoms with Gasteiger partial charge in [0.1, 0.15) is 11.8 Å². The standard InChI is InChI=1S/C21H26N2O.C9H15N/c1-4-5-18(12-16(2)3)19-6-7-21(20(13-19)14-22)24-15-17-8-10-23-11-9-17;1-4-9(7-10)6-5-8(2)3/h4-7,12-13,17,23H,1,8-11,15H2,2-3H3;4-6H,2,7,10H2,1,3H3/b18-5+;6-5-,9-4+. The van der Waals surface area contributed by atoms with E-state index in [0.29, 0.717) is 30.4 Å². The maximum atomic E-state index is 9.48. The second kappa shape index (κ2) is 16.5. The highest BCUT2D eigenvalue weighted by Gasteiger charge is 2.15. The third-order valence-electron chi connectivity index (χ3n) is 5.30. The molecule has 0 saturated carbocycles. The molecule has 0 aromatic heterocycles. The average molecular weight is 460 g/mol. The summed E-state index contributed by atoms with van der Waals surface area (Å²) in [4.78, 5) is 0. The van der Waals surface area contributed by atoms with Gasteiger partial charge in [0.15, 0.2) is 0 Å². The van der Waals surface area contributed by atoms with Crippen LogP contribution >= 0.6 is 0 Å². The topological polar surface area (TPSA) is 71.1 Å². The molecule has 1 aliphatic rings. The van der Waals surface area contributed by atoms with Crippen molar-refractivity contribution in [3.63, 3.8) is 0 Å². The first-order valence-electron chi connectivity index (χ1n) is 11.9. The minimum Gasteiger partial charge on any atom is -0.492 e. The largest absolute Gasteiger partial charge is 0.492 e. The van der Waals surface area contributed by atoms with Gasteiger partial charge in [-0.2, -0.15) is 5.26 Å². The molecule has 0 atom stereocenters. The molecule has 0 radical (unpaired) electrons. The molecule has 3 N–H and O–H groups in total. The van der Waals surface area contributed by atoms with Crippen LogP contribution in [-0.2, 0) is 0 Å². The Balaban J connectivity index is 0.000000489. The Hall–Kier alpha value is -3.13. The lowest BCUT2D eigenvalue weighted by Crippen LogP contribution is -2.30. The number of nitrogens with two attached hydrogens (primary N) is 1. The third kappa shape index (κ3) is 11.1. The van der Waals surface area contributed by atoms with Crippen molar-refractivity contribution in [3.05, 3.63) is 95.7 Å². The van der Waals surface area contributed by atoms with Crippen molar-refractivity contribution in [2.24, 2.45) is 11.7 Å². The van der Waals surface area contributed by atoms with Crippen LogP contribution in [0.5, 0.6) is 5.75 Å². The fourth-order valence-corrected chi connectivity index (χ4v) is 3.38. The fourth-order valence-electron chi connectivity index (χ4n) is 3.38. The number of hydrogen-bond acceptors (Lipinski definition) is 4. The lowest BCUT2D eigenvalue weighted by molar-refractivity contribution is 0.215. The zero-order chi connectivity index (χ0) is 25.3. The number of benzene rings is 1. The summed E-state index contributed by atoms with van der Waals surface area (Å²) < 4.78 is 5.94. The average Bonchev–Trinajstić information content (AvgIpc) is 2.83. The second-order valence-electron chi connectivity index (χ2n) is 8.65. The number of nitriles is 1. The summed E-state index contributed by atoms with van der Waals surface area (Å²) in [6.07, 6.45) is 14.0. The van der Waals surface area contributed by atoms with Crippen molar-refractivity contribution in [2.75, 3.05) is 26.2 Å². The minimum absolute atomic E-state index is 0.569. The highest BCUT2D eigenvalue weighted by atomic mass is 16.5. The molecule has 182 valence electrons. The summed E-state index contributed by atoms with van der Waals surface area (Å²) in [6.45, 7) is 18.9. The van der Waals surface area contributed by atoms with Crippen LogP contribution < -0.4 is 15.8 Å². The van der Waals surface area contributed by atoms with E-state index in [1.165, 1.54) is 5.57 Å². The Morgan fingerprint density at radius 2 is 1.94 bits per heavy atom. The summed E-state index contributed by atoms with van der Waals surface area (Å²) in [7, 11) is 0. The van der Waals surface area contributed by atoms with Crippen LogP contribution in [0.1, 0.15) is 51.7 Å². The molecule has 1 aromatic carbocycles. The quantitative estimate of drug-likeness (QED) is 0.414. The molecule has 0 bridgehead atoms. The molecule has 34 heavy (non-hydrogen) atoms. The number of allylic oxidation sites excluding steroid dienone is 8. The number of hydrogen-bond donors (Lipinski definition) is 2. The fraction of sp³-hybridized carbons (Fsp3) is 0.367. The van der Waals surface area contributed by atoms with Crippen molar-refractivity contribution in [1.29, 1.82) is 5.26 Å². The lowest BCUT2D eigenvalue weighted by atomic mass is 9.99. The maximum Gasteiger partial charge on any atom is 0.137 e. The Morgan fingerprint density at radius 3 is 2.47 bits per heavy atom. The van der Waals surface area contributed by atoms with E-state index in [9.17, 15) is 5.26 Å². The molecule has 1 aliphatic heterocycles. The zero-order valence-corrected chi connectivity index (χ0v) is 21.4. The van der Waals surface area contributed by atoms with Gasteiger partial charge in [0.25, 0.3) is 0 Å². The molecular formula is C30H41N3O. The van der Waals surface area contributed by atoms with Crippen molar-refractivity contribution >= 4 is 5.57 Å². The Morgan fingerprint density at radius 1 is 1.24 bits per heavy atom. The van der Waals surface area contributed by atoms with Gasteiger partial charge in [-0.3, -0.25) is 0 Å². The van der Waals surface area contributed by atoms with Crippen molar-refractivity contribution in [2.45, 2.75) is 40.5 Å². The van der Waals surface area contributed by atoms with Gasteiger partial charge >= 0.3 is 0 Å². The molecule has 1 heterocycles. The van der Waals surface area contributed by atoms with Gasteiger partial charge in [-0.05, 0) is 88.4 Å². The number of nitrogens with zero attached hydrogens (tertiary/aromatic N) is 1. The van der Waals surface area contributed by atoms with E-state index in [4.69, 9.17) is 10.5 Å². The Kier molecular flexibility index (Phi) is 14.0. The normalized spacial score (nSPS) is 14.6. The van der Waals surface area contributed by atoms with Crippen molar-refractivity contribution < 1.29 is 4.74 Å². The highest BCUT2D eigenvalue weighted by Crippen LogP contribution is 2.26. The molecule has 0 spiro atoms. The Bertz CT molecular complexity index is 963. The molecule has 0 unspecified atom stereocenters. The predicted octanol–water partition coefficient (Wildman–Crippen LogP) is 6.50. The van der Waals surface area contributed by atoms with Gasteiger partial charge in [-0.15, -0.1) is 0 Å². The van der Waals surface area contributed by atoms with E-state index >= 15 is 0 Å². The number of ether oxygens (including phenoxy) is 1. The van der Waals surface area contributed by atoms with Crippen LogP contribution in [0, 0.1) is 17.2 Å². The summed E-state index contributed by atoms with van der Waals surface area (Å²) in [6, 6.07) is 8.07. The summed E-state index contributed by atoms with van der Waals surface area (Å²) >= 11 is 0. The van der Waals surface area contributed by atoms with Crippen LogP contribution in [-0.4, -0.2) is 26.2 Å². The number of piperidine rings is 1. The van der Waals surface area contributed by atoms with Crippen molar-refractivity contribution in [3.8, 4) is 11.8 Å². The van der Waals surface area contributed by atoms with Crippen LogP contribution in [0.4, 0.5) is 0 Å². The molecule has 4 heteroatoms. The summed E-state index contributed by atoms with van der Waals surface area (Å²) in [5.74, 6) is 1.24. The van der Waals surface area contributed by atoms with E-state index in [1.54, 1.807) is 6.08 Å². The molecule has 4 nitrogen and oxygen atoms in total. The van der Waals surface area contributed by atoms with Crippen LogP contribution in [0.25, 0.3) is 5.57 Å². The van der Waals surface area contributed by atoms with Crippen LogP contribution in [0.2, 0.25) is 0 Å². The van der Waals surface area contributed by atoms with Gasteiger partial charge in [0.2, 0.25) is 0 Å². The smallest absolute Gasteiger partial charge is 0.137 e. The van der Waals surface area contributed by atoms with E-state index < -0.39 is 0 Å². The van der Waals surface area contributed by atoms with Gasteiger partial charge in [-0.1, -0.05) is 66.8 Å². The zero-order valence-electron chi connectivity index (χ0n) is 21.4. The molecule has 1 saturated heterocycles. The first-order valence-corrected chi connectivity index (χ1v) is 11.9. The lowest BCUT2D eigenvalue weighted by Gasteiger charge is -2.23. The van der Waals surface area contributed by atoms with Crippen molar-refractivity contribution in [1.82, 2.24) is 5.32 Å². The first kappa shape index (κ1) is 28.9. The van der Waals surface area contributed by atoms with Gasteiger partial charge in [-0.25, -0.2) is 0 Å². The summed E-state index contributed by atoms with van der Waals surface area (Å²) in [5, 5.41) is 12.8. The Labute approximate surface area is 206 Å². The first-order chi connectivity index (χ1) is 16.3. The molecule has 2 rings (SSSR count). The minimum atomic E-state index is 0.569. The maximum absolute atomic E-state index is 9.48. The number of rotatable bonds is 9.